The molecule has 2 aromatic rings. The molecule has 1 aromatic carbocycles. The molecule has 0 radical (unpaired) electrons. The number of halogens is 3. The van der Waals surface area contributed by atoms with Gasteiger partial charge in [-0.15, -0.1) is 0 Å². The SMILES string of the molecule is O=c1[nH]cnc(Nc2c(Cl)cccc2Cl)c1Cl. The fraction of sp³-hybridized carbons (Fsp3) is 0. The molecule has 0 saturated heterocycles. The van der Waals surface area contributed by atoms with Crippen molar-refractivity contribution >= 4 is 46.3 Å². The first kappa shape index (κ1) is 12.2. The maximum atomic E-state index is 11.3. The molecule has 4 nitrogen and oxygen atoms in total. The first-order chi connectivity index (χ1) is 8.09. The Hall–Kier alpha value is -1.23. The van der Waals surface area contributed by atoms with E-state index in [0.29, 0.717) is 15.7 Å². The molecule has 0 saturated carbocycles. The van der Waals surface area contributed by atoms with E-state index in [1.54, 1.807) is 18.2 Å². The predicted molar refractivity (Wildman–Crippen MR) is 69.6 cm³/mol. The molecule has 0 fully saturated rings. The second-order valence-corrected chi connectivity index (χ2v) is 4.31. The summed E-state index contributed by atoms with van der Waals surface area (Å²) in [5, 5.41) is 3.60. The van der Waals surface area contributed by atoms with Gasteiger partial charge >= 0.3 is 0 Å². The Morgan fingerprint density at radius 2 is 1.82 bits per heavy atom. The molecule has 7 heteroatoms. The van der Waals surface area contributed by atoms with Crippen molar-refractivity contribution in [3.8, 4) is 0 Å². The topological polar surface area (TPSA) is 57.8 Å². The zero-order valence-corrected chi connectivity index (χ0v) is 10.6. The lowest BCUT2D eigenvalue weighted by atomic mass is 10.3. The zero-order chi connectivity index (χ0) is 12.4. The van der Waals surface area contributed by atoms with Crippen molar-refractivity contribution in [3.05, 3.63) is 49.9 Å². The van der Waals surface area contributed by atoms with Gasteiger partial charge in [0.15, 0.2) is 5.82 Å². The van der Waals surface area contributed by atoms with Crippen LogP contribution in [0.25, 0.3) is 0 Å². The van der Waals surface area contributed by atoms with Crippen LogP contribution < -0.4 is 10.9 Å². The third-order valence-corrected chi connectivity index (χ3v) is 2.98. The van der Waals surface area contributed by atoms with Gasteiger partial charge in [0.1, 0.15) is 5.02 Å². The molecule has 0 aliphatic heterocycles. The molecular formula is C10H6Cl3N3O. The lowest BCUT2D eigenvalue weighted by molar-refractivity contribution is 1.12. The van der Waals surface area contributed by atoms with E-state index in [1.165, 1.54) is 6.33 Å². The van der Waals surface area contributed by atoms with E-state index in [2.05, 4.69) is 15.3 Å². The Morgan fingerprint density at radius 1 is 1.18 bits per heavy atom. The predicted octanol–water partition coefficient (Wildman–Crippen LogP) is 3.47. The van der Waals surface area contributed by atoms with Crippen molar-refractivity contribution in [1.29, 1.82) is 0 Å². The number of hydrogen-bond acceptors (Lipinski definition) is 3. The van der Waals surface area contributed by atoms with E-state index >= 15 is 0 Å². The van der Waals surface area contributed by atoms with Gasteiger partial charge in [0.05, 0.1) is 22.1 Å². The molecule has 0 unspecified atom stereocenters. The minimum Gasteiger partial charge on any atom is -0.336 e. The summed E-state index contributed by atoms with van der Waals surface area (Å²) in [6.45, 7) is 0. The van der Waals surface area contributed by atoms with Crippen molar-refractivity contribution in [2.45, 2.75) is 0 Å². The molecule has 17 heavy (non-hydrogen) atoms. The van der Waals surface area contributed by atoms with E-state index in [9.17, 15) is 4.79 Å². The van der Waals surface area contributed by atoms with Gasteiger partial charge in [-0.25, -0.2) is 4.98 Å². The standard InChI is InChI=1S/C10H6Cl3N3O/c11-5-2-1-3-6(12)8(5)16-9-7(13)10(17)15-4-14-9/h1-4H,(H2,14,15,16,17). The summed E-state index contributed by atoms with van der Waals surface area (Å²) in [5.74, 6) is 0.199. The van der Waals surface area contributed by atoms with Crippen LogP contribution in [0.15, 0.2) is 29.3 Å². The lowest BCUT2D eigenvalue weighted by Gasteiger charge is -2.09. The number of anilines is 2. The Morgan fingerprint density at radius 3 is 2.47 bits per heavy atom. The van der Waals surface area contributed by atoms with Gasteiger partial charge in [-0.3, -0.25) is 4.79 Å². The van der Waals surface area contributed by atoms with Crippen molar-refractivity contribution < 1.29 is 0 Å². The summed E-state index contributed by atoms with van der Waals surface area (Å²) in [7, 11) is 0. The quantitative estimate of drug-likeness (QED) is 0.890. The number of hydrogen-bond donors (Lipinski definition) is 2. The zero-order valence-electron chi connectivity index (χ0n) is 8.30. The van der Waals surface area contributed by atoms with Crippen LogP contribution in [0.4, 0.5) is 11.5 Å². The third kappa shape index (κ3) is 2.54. The van der Waals surface area contributed by atoms with Crippen LogP contribution in [-0.2, 0) is 0 Å². The molecule has 2 rings (SSSR count). The van der Waals surface area contributed by atoms with Crippen LogP contribution in [0, 0.1) is 0 Å². The second kappa shape index (κ2) is 4.96. The van der Waals surface area contributed by atoms with Crippen molar-refractivity contribution in [1.82, 2.24) is 9.97 Å². The van der Waals surface area contributed by atoms with Gasteiger partial charge in [-0.2, -0.15) is 0 Å². The third-order valence-electron chi connectivity index (χ3n) is 2.00. The fourth-order valence-corrected chi connectivity index (χ4v) is 1.85. The monoisotopic (exact) mass is 289 g/mol. The summed E-state index contributed by atoms with van der Waals surface area (Å²) in [5.41, 5.74) is 0.0168. The number of nitrogens with zero attached hydrogens (tertiary/aromatic N) is 1. The number of H-pyrrole nitrogens is 1. The summed E-state index contributed by atoms with van der Waals surface area (Å²) in [6.07, 6.45) is 1.24. The van der Waals surface area contributed by atoms with Gasteiger partial charge < -0.3 is 10.3 Å². The highest BCUT2D eigenvalue weighted by Crippen LogP contribution is 2.32. The van der Waals surface area contributed by atoms with Crippen molar-refractivity contribution in [2.24, 2.45) is 0 Å². The van der Waals surface area contributed by atoms with E-state index in [1.807, 2.05) is 0 Å². The van der Waals surface area contributed by atoms with Gasteiger partial charge in [-0.1, -0.05) is 40.9 Å². The summed E-state index contributed by atoms with van der Waals surface area (Å²) in [6, 6.07) is 5.04. The number of nitrogens with one attached hydrogen (secondary N) is 2. The fourth-order valence-electron chi connectivity index (χ4n) is 1.21. The minimum absolute atomic E-state index is 0.0523. The molecule has 0 bridgehead atoms. The van der Waals surface area contributed by atoms with Crippen LogP contribution in [0.2, 0.25) is 15.1 Å². The van der Waals surface area contributed by atoms with E-state index in [0.717, 1.165) is 0 Å². The molecule has 0 amide bonds. The maximum absolute atomic E-state index is 11.3. The van der Waals surface area contributed by atoms with E-state index in [4.69, 9.17) is 34.8 Å². The Kier molecular flexibility index (Phi) is 3.57. The molecule has 88 valence electrons. The first-order valence-corrected chi connectivity index (χ1v) is 5.67. The molecule has 2 N–H and O–H groups in total. The summed E-state index contributed by atoms with van der Waals surface area (Å²) in [4.78, 5) is 17.5. The lowest BCUT2D eigenvalue weighted by Crippen LogP contribution is -2.09. The van der Waals surface area contributed by atoms with Gasteiger partial charge in [-0.05, 0) is 12.1 Å². The van der Waals surface area contributed by atoms with Crippen LogP contribution in [0.3, 0.4) is 0 Å². The first-order valence-electron chi connectivity index (χ1n) is 4.54. The molecule has 1 aromatic heterocycles. The van der Waals surface area contributed by atoms with Gasteiger partial charge in [0.25, 0.3) is 5.56 Å². The van der Waals surface area contributed by atoms with Crippen LogP contribution >= 0.6 is 34.8 Å². The normalized spacial score (nSPS) is 10.3. The van der Waals surface area contributed by atoms with Crippen molar-refractivity contribution in [3.63, 3.8) is 0 Å². The smallest absolute Gasteiger partial charge is 0.271 e. The molecule has 0 spiro atoms. The number of benzene rings is 1. The number of aromatic nitrogens is 2. The Balaban J connectivity index is 2.45. The van der Waals surface area contributed by atoms with E-state index < -0.39 is 5.56 Å². The molecular weight excluding hydrogens is 284 g/mol. The molecule has 0 atom stereocenters. The average molecular weight is 291 g/mol. The summed E-state index contributed by atoms with van der Waals surface area (Å²) >= 11 is 17.7. The highest BCUT2D eigenvalue weighted by Gasteiger charge is 2.10. The van der Waals surface area contributed by atoms with Gasteiger partial charge in [0, 0.05) is 0 Å². The van der Waals surface area contributed by atoms with Gasteiger partial charge in [0.2, 0.25) is 0 Å². The second-order valence-electron chi connectivity index (χ2n) is 3.12. The highest BCUT2D eigenvalue weighted by atomic mass is 35.5. The van der Waals surface area contributed by atoms with Crippen LogP contribution in [0.1, 0.15) is 0 Å². The number of aromatic amines is 1. The van der Waals surface area contributed by atoms with Crippen LogP contribution in [0.5, 0.6) is 0 Å². The number of rotatable bonds is 2. The highest BCUT2D eigenvalue weighted by molar-refractivity contribution is 6.39. The number of para-hydroxylation sites is 1. The Bertz CT molecular complexity index is 592. The molecule has 0 aliphatic rings. The summed E-state index contributed by atoms with van der Waals surface area (Å²) < 4.78 is 0. The Labute approximate surface area is 112 Å². The van der Waals surface area contributed by atoms with E-state index in [-0.39, 0.29) is 10.8 Å². The van der Waals surface area contributed by atoms with Crippen LogP contribution in [-0.4, -0.2) is 9.97 Å². The molecule has 1 heterocycles. The minimum atomic E-state index is -0.438. The van der Waals surface area contributed by atoms with Crippen molar-refractivity contribution in [2.75, 3.05) is 5.32 Å². The maximum Gasteiger partial charge on any atom is 0.271 e. The largest absolute Gasteiger partial charge is 0.336 e. The molecule has 0 aliphatic carbocycles. The average Bonchev–Trinajstić information content (AvgIpc) is 2.29.